The van der Waals surface area contributed by atoms with Gasteiger partial charge in [0.15, 0.2) is 0 Å². The van der Waals surface area contributed by atoms with Crippen LogP contribution in [0.2, 0.25) is 0 Å². The number of hydrazone groups is 1. The van der Waals surface area contributed by atoms with Gasteiger partial charge in [-0.3, -0.25) is 5.43 Å². The number of hydrogen-bond acceptors (Lipinski definition) is 4. The Morgan fingerprint density at radius 1 is 0.952 bits per heavy atom. The fourth-order valence-corrected chi connectivity index (χ4v) is 1.61. The molecule has 0 aliphatic heterocycles. The third kappa shape index (κ3) is 3.90. The molecular formula is C15H12N2O4. The smallest absolute Gasteiger partial charge is 0.335 e. The summed E-state index contributed by atoms with van der Waals surface area (Å²) in [5.41, 5.74) is 4.36. The van der Waals surface area contributed by atoms with E-state index < -0.39 is 11.9 Å². The average Bonchev–Trinajstić information content (AvgIpc) is 2.48. The van der Waals surface area contributed by atoms with E-state index in [1.807, 2.05) is 0 Å². The van der Waals surface area contributed by atoms with Crippen LogP contribution >= 0.6 is 0 Å². The lowest BCUT2D eigenvalue weighted by Crippen LogP contribution is -1.98. The molecule has 21 heavy (non-hydrogen) atoms. The SMILES string of the molecule is O=C(O)c1ccc(/C=N\Nc2cccc(C(=O)O)c2)cc1. The molecule has 2 rings (SSSR count). The van der Waals surface area contributed by atoms with Gasteiger partial charge in [0.25, 0.3) is 0 Å². The van der Waals surface area contributed by atoms with Crippen LogP contribution in [-0.2, 0) is 0 Å². The van der Waals surface area contributed by atoms with Crippen LogP contribution < -0.4 is 5.43 Å². The molecule has 0 atom stereocenters. The molecule has 0 aromatic heterocycles. The summed E-state index contributed by atoms with van der Waals surface area (Å²) in [6.07, 6.45) is 1.51. The molecule has 2 aromatic carbocycles. The fraction of sp³-hybridized carbons (Fsp3) is 0. The maximum absolute atomic E-state index is 10.8. The molecule has 3 N–H and O–H groups in total. The Kier molecular flexibility index (Phi) is 4.30. The van der Waals surface area contributed by atoms with E-state index in [0.29, 0.717) is 5.69 Å². The Hall–Kier alpha value is -3.15. The zero-order chi connectivity index (χ0) is 15.2. The summed E-state index contributed by atoms with van der Waals surface area (Å²) in [5.74, 6) is -1.99. The van der Waals surface area contributed by atoms with Crippen molar-refractivity contribution in [1.82, 2.24) is 0 Å². The van der Waals surface area contributed by atoms with Crippen molar-refractivity contribution < 1.29 is 19.8 Å². The van der Waals surface area contributed by atoms with E-state index in [2.05, 4.69) is 10.5 Å². The lowest BCUT2D eigenvalue weighted by molar-refractivity contribution is 0.0686. The predicted molar refractivity (Wildman–Crippen MR) is 78.0 cm³/mol. The lowest BCUT2D eigenvalue weighted by atomic mass is 10.1. The number of carboxylic acid groups (broad SMARTS) is 2. The zero-order valence-electron chi connectivity index (χ0n) is 10.9. The number of carboxylic acids is 2. The summed E-state index contributed by atoms with van der Waals surface area (Å²) in [6.45, 7) is 0. The van der Waals surface area contributed by atoms with Crippen LogP contribution in [0.5, 0.6) is 0 Å². The molecule has 6 nitrogen and oxygen atoms in total. The first-order valence-electron chi connectivity index (χ1n) is 6.02. The molecule has 0 saturated carbocycles. The van der Waals surface area contributed by atoms with Crippen molar-refractivity contribution in [3.05, 3.63) is 65.2 Å². The maximum Gasteiger partial charge on any atom is 0.335 e. The van der Waals surface area contributed by atoms with Gasteiger partial charge in [-0.05, 0) is 35.9 Å². The first kappa shape index (κ1) is 14.3. The average molecular weight is 284 g/mol. The van der Waals surface area contributed by atoms with Crippen molar-refractivity contribution >= 4 is 23.8 Å². The largest absolute Gasteiger partial charge is 0.478 e. The molecule has 0 fully saturated rings. The van der Waals surface area contributed by atoms with Crippen molar-refractivity contribution in [2.75, 3.05) is 5.43 Å². The maximum atomic E-state index is 10.8. The first-order valence-corrected chi connectivity index (χ1v) is 6.02. The minimum absolute atomic E-state index is 0.168. The highest BCUT2D eigenvalue weighted by atomic mass is 16.4. The summed E-state index contributed by atoms with van der Waals surface area (Å²) in [4.78, 5) is 21.5. The van der Waals surface area contributed by atoms with Gasteiger partial charge in [-0.25, -0.2) is 9.59 Å². The number of anilines is 1. The van der Waals surface area contributed by atoms with Crippen molar-refractivity contribution in [2.45, 2.75) is 0 Å². The molecule has 0 amide bonds. The van der Waals surface area contributed by atoms with Crippen LogP contribution in [0.1, 0.15) is 26.3 Å². The second-order valence-corrected chi connectivity index (χ2v) is 4.18. The number of aromatic carboxylic acids is 2. The number of rotatable bonds is 5. The number of benzene rings is 2. The molecule has 0 aliphatic rings. The van der Waals surface area contributed by atoms with Crippen molar-refractivity contribution in [1.29, 1.82) is 0 Å². The highest BCUT2D eigenvalue weighted by molar-refractivity contribution is 5.90. The quantitative estimate of drug-likeness (QED) is 0.578. The van der Waals surface area contributed by atoms with Gasteiger partial charge in [0.05, 0.1) is 23.0 Å². The first-order chi connectivity index (χ1) is 10.1. The molecule has 0 aliphatic carbocycles. The molecule has 2 aromatic rings. The van der Waals surface area contributed by atoms with E-state index in [1.165, 1.54) is 30.5 Å². The standard InChI is InChI=1S/C15H12N2O4/c18-14(19)11-6-4-10(5-7-11)9-16-17-13-3-1-2-12(8-13)15(20)21/h1-9,17H,(H,18,19)(H,20,21)/b16-9-. The lowest BCUT2D eigenvalue weighted by Gasteiger charge is -2.01. The summed E-state index contributed by atoms with van der Waals surface area (Å²) in [5, 5.41) is 21.6. The summed E-state index contributed by atoms with van der Waals surface area (Å²) in [7, 11) is 0. The molecule has 106 valence electrons. The Bertz CT molecular complexity index is 693. The third-order valence-electron chi connectivity index (χ3n) is 2.67. The van der Waals surface area contributed by atoms with Gasteiger partial charge in [-0.2, -0.15) is 5.10 Å². The predicted octanol–water partition coefficient (Wildman–Crippen LogP) is 2.53. The van der Waals surface area contributed by atoms with Crippen molar-refractivity contribution in [3.8, 4) is 0 Å². The van der Waals surface area contributed by atoms with Gasteiger partial charge in [-0.15, -0.1) is 0 Å². The molecule has 0 unspecified atom stereocenters. The van der Waals surface area contributed by atoms with Gasteiger partial charge in [0, 0.05) is 0 Å². The second kappa shape index (κ2) is 6.33. The van der Waals surface area contributed by atoms with Gasteiger partial charge >= 0.3 is 11.9 Å². The van der Waals surface area contributed by atoms with Gasteiger partial charge in [-0.1, -0.05) is 18.2 Å². The van der Waals surface area contributed by atoms with Crippen LogP contribution in [0.15, 0.2) is 53.6 Å². The molecule has 0 bridgehead atoms. The number of nitrogens with one attached hydrogen (secondary N) is 1. The summed E-state index contributed by atoms with van der Waals surface area (Å²) < 4.78 is 0. The number of nitrogens with zero attached hydrogens (tertiary/aromatic N) is 1. The van der Waals surface area contributed by atoms with Crippen LogP contribution in [0, 0.1) is 0 Å². The topological polar surface area (TPSA) is 99.0 Å². The van der Waals surface area contributed by atoms with E-state index in [4.69, 9.17) is 10.2 Å². The van der Waals surface area contributed by atoms with E-state index in [-0.39, 0.29) is 11.1 Å². The molecular weight excluding hydrogens is 272 g/mol. The van der Waals surface area contributed by atoms with Crippen molar-refractivity contribution in [3.63, 3.8) is 0 Å². The Balaban J connectivity index is 2.03. The normalized spacial score (nSPS) is 10.5. The van der Waals surface area contributed by atoms with Crippen LogP contribution in [0.4, 0.5) is 5.69 Å². The molecule has 0 heterocycles. The fourth-order valence-electron chi connectivity index (χ4n) is 1.61. The minimum Gasteiger partial charge on any atom is -0.478 e. The van der Waals surface area contributed by atoms with E-state index in [9.17, 15) is 9.59 Å². The van der Waals surface area contributed by atoms with E-state index in [0.717, 1.165) is 5.56 Å². The Morgan fingerprint density at radius 3 is 2.24 bits per heavy atom. The zero-order valence-corrected chi connectivity index (χ0v) is 10.9. The van der Waals surface area contributed by atoms with E-state index >= 15 is 0 Å². The van der Waals surface area contributed by atoms with Crippen molar-refractivity contribution in [2.24, 2.45) is 5.10 Å². The number of hydrogen-bond donors (Lipinski definition) is 3. The van der Waals surface area contributed by atoms with Gasteiger partial charge in [0.2, 0.25) is 0 Å². The Labute approximate surface area is 120 Å². The second-order valence-electron chi connectivity index (χ2n) is 4.18. The highest BCUT2D eigenvalue weighted by Gasteiger charge is 2.02. The third-order valence-corrected chi connectivity index (χ3v) is 2.67. The minimum atomic E-state index is -1.01. The van der Waals surface area contributed by atoms with Crippen LogP contribution in [0.3, 0.4) is 0 Å². The highest BCUT2D eigenvalue weighted by Crippen LogP contribution is 2.10. The molecule has 6 heteroatoms. The summed E-state index contributed by atoms with van der Waals surface area (Å²) in [6, 6.07) is 12.5. The van der Waals surface area contributed by atoms with Crippen LogP contribution in [-0.4, -0.2) is 28.4 Å². The van der Waals surface area contributed by atoms with Crippen LogP contribution in [0.25, 0.3) is 0 Å². The molecule has 0 saturated heterocycles. The Morgan fingerprint density at radius 2 is 1.62 bits per heavy atom. The number of carbonyl (C=O) groups is 2. The van der Waals surface area contributed by atoms with Gasteiger partial charge in [0.1, 0.15) is 0 Å². The monoisotopic (exact) mass is 284 g/mol. The molecule has 0 radical (unpaired) electrons. The van der Waals surface area contributed by atoms with Gasteiger partial charge < -0.3 is 10.2 Å². The molecule has 0 spiro atoms. The van der Waals surface area contributed by atoms with E-state index in [1.54, 1.807) is 24.3 Å². The summed E-state index contributed by atoms with van der Waals surface area (Å²) >= 11 is 0.